The fraction of sp³-hybridized carbons (Fsp3) is 0. The summed E-state index contributed by atoms with van der Waals surface area (Å²) in [7, 11) is -4.15. The quantitative estimate of drug-likeness (QED) is 0.729. The van der Waals surface area contributed by atoms with Crippen LogP contribution in [-0.4, -0.2) is 9.79 Å². The number of nitrogens with one attached hydrogen (secondary N) is 1. The third-order valence-electron chi connectivity index (χ3n) is 2.27. The molecule has 0 atom stereocenters. The topological polar surface area (TPSA) is 69.6 Å². The van der Waals surface area contributed by atoms with Crippen molar-refractivity contribution in [2.45, 2.75) is 0 Å². The van der Waals surface area contributed by atoms with Crippen LogP contribution in [0.2, 0.25) is 0 Å². The Balaban J connectivity index is 2.17. The van der Waals surface area contributed by atoms with Crippen molar-refractivity contribution in [1.82, 2.24) is 0 Å². The normalized spacial score (nSPS) is 11.2. The zero-order chi connectivity index (χ0) is 12.3. The molecule has 4 nitrogen and oxygen atoms in total. The van der Waals surface area contributed by atoms with E-state index in [-0.39, 0.29) is 5.30 Å². The zero-order valence-electron chi connectivity index (χ0n) is 8.95. The number of hydrogen-bond donors (Lipinski definition) is 3. The average molecular weight is 249 g/mol. The van der Waals surface area contributed by atoms with Crippen molar-refractivity contribution < 1.29 is 14.4 Å². The van der Waals surface area contributed by atoms with Gasteiger partial charge < -0.3 is 15.1 Å². The minimum absolute atomic E-state index is 0.0242. The number of benzene rings is 2. The fourth-order valence-corrected chi connectivity index (χ4v) is 1.96. The molecule has 0 bridgehead atoms. The van der Waals surface area contributed by atoms with Crippen LogP contribution in [0.15, 0.2) is 54.6 Å². The first-order valence-electron chi connectivity index (χ1n) is 5.04. The molecule has 0 spiro atoms. The maximum atomic E-state index is 11.0. The first kappa shape index (κ1) is 11.9. The molecule has 0 amide bonds. The van der Waals surface area contributed by atoms with Crippen LogP contribution in [0.5, 0.6) is 0 Å². The number of anilines is 2. The molecule has 0 unspecified atom stereocenters. The van der Waals surface area contributed by atoms with Crippen molar-refractivity contribution in [3.63, 3.8) is 0 Å². The van der Waals surface area contributed by atoms with Crippen LogP contribution in [0.25, 0.3) is 0 Å². The SMILES string of the molecule is O=P(O)(O)c1ccc(Nc2ccccc2)cc1. The van der Waals surface area contributed by atoms with Crippen LogP contribution in [0, 0.1) is 0 Å². The molecule has 2 aromatic rings. The van der Waals surface area contributed by atoms with Gasteiger partial charge in [0.1, 0.15) is 0 Å². The van der Waals surface area contributed by atoms with Gasteiger partial charge in [-0.15, -0.1) is 0 Å². The summed E-state index contributed by atoms with van der Waals surface area (Å²) >= 11 is 0. The lowest BCUT2D eigenvalue weighted by Crippen LogP contribution is -2.03. The van der Waals surface area contributed by atoms with Crippen molar-refractivity contribution in [3.8, 4) is 0 Å². The Kier molecular flexibility index (Phi) is 3.29. The third kappa shape index (κ3) is 3.17. The van der Waals surface area contributed by atoms with E-state index < -0.39 is 7.60 Å². The van der Waals surface area contributed by atoms with Gasteiger partial charge in [0.25, 0.3) is 0 Å². The Bertz CT molecular complexity index is 533. The van der Waals surface area contributed by atoms with Crippen LogP contribution in [-0.2, 0) is 4.57 Å². The maximum Gasteiger partial charge on any atom is 0.356 e. The van der Waals surface area contributed by atoms with E-state index >= 15 is 0 Å². The summed E-state index contributed by atoms with van der Waals surface area (Å²) in [6.45, 7) is 0. The van der Waals surface area contributed by atoms with Crippen LogP contribution in [0.4, 0.5) is 11.4 Å². The van der Waals surface area contributed by atoms with Crippen LogP contribution >= 0.6 is 7.60 Å². The highest BCUT2D eigenvalue weighted by Crippen LogP contribution is 2.33. The number of rotatable bonds is 3. The summed E-state index contributed by atoms with van der Waals surface area (Å²) < 4.78 is 11.0. The van der Waals surface area contributed by atoms with Gasteiger partial charge in [-0.25, -0.2) is 0 Å². The second-order valence-corrected chi connectivity index (χ2v) is 5.19. The summed E-state index contributed by atoms with van der Waals surface area (Å²) in [6, 6.07) is 15.7. The largest absolute Gasteiger partial charge is 0.356 e. The minimum atomic E-state index is -4.15. The lowest BCUT2D eigenvalue weighted by atomic mass is 10.3. The highest BCUT2D eigenvalue weighted by atomic mass is 31.2. The fourth-order valence-electron chi connectivity index (χ4n) is 1.43. The highest BCUT2D eigenvalue weighted by Gasteiger charge is 2.15. The minimum Gasteiger partial charge on any atom is -0.356 e. The van der Waals surface area contributed by atoms with Crippen molar-refractivity contribution >= 4 is 24.3 Å². The molecule has 88 valence electrons. The molecule has 2 aromatic carbocycles. The Hall–Kier alpha value is -1.61. The lowest BCUT2D eigenvalue weighted by molar-refractivity contribution is 0.387. The van der Waals surface area contributed by atoms with Gasteiger partial charge in [-0.3, -0.25) is 4.57 Å². The molecule has 0 saturated heterocycles. The zero-order valence-corrected chi connectivity index (χ0v) is 9.84. The summed E-state index contributed by atoms with van der Waals surface area (Å²) in [6.07, 6.45) is 0. The standard InChI is InChI=1S/C12H12NO3P/c14-17(15,16)12-8-6-11(7-9-12)13-10-4-2-1-3-5-10/h1-9,13H,(H2,14,15,16). The Morgan fingerprint density at radius 1 is 0.824 bits per heavy atom. The molecule has 0 radical (unpaired) electrons. The van der Waals surface area contributed by atoms with Gasteiger partial charge in [-0.2, -0.15) is 0 Å². The molecule has 5 heteroatoms. The predicted molar refractivity (Wildman–Crippen MR) is 67.8 cm³/mol. The van der Waals surface area contributed by atoms with Gasteiger partial charge in [0.2, 0.25) is 0 Å². The lowest BCUT2D eigenvalue weighted by Gasteiger charge is -2.08. The molecular formula is C12H12NO3P. The molecule has 0 aromatic heterocycles. The first-order chi connectivity index (χ1) is 8.05. The summed E-state index contributed by atoms with van der Waals surface area (Å²) in [4.78, 5) is 17.9. The molecule has 3 N–H and O–H groups in total. The second-order valence-electron chi connectivity index (χ2n) is 3.58. The summed E-state index contributed by atoms with van der Waals surface area (Å²) in [5, 5.41) is 3.15. The number of hydrogen-bond acceptors (Lipinski definition) is 2. The molecule has 0 fully saturated rings. The second kappa shape index (κ2) is 4.72. The van der Waals surface area contributed by atoms with Crippen molar-refractivity contribution in [3.05, 3.63) is 54.6 Å². The van der Waals surface area contributed by atoms with E-state index in [0.717, 1.165) is 11.4 Å². The molecule has 0 saturated carbocycles. The van der Waals surface area contributed by atoms with E-state index in [4.69, 9.17) is 9.79 Å². The van der Waals surface area contributed by atoms with Gasteiger partial charge in [0.15, 0.2) is 0 Å². The van der Waals surface area contributed by atoms with Gasteiger partial charge in [-0.05, 0) is 36.4 Å². The van der Waals surface area contributed by atoms with Crippen LogP contribution in [0.3, 0.4) is 0 Å². The van der Waals surface area contributed by atoms with Gasteiger partial charge in [0, 0.05) is 11.4 Å². The highest BCUT2D eigenvalue weighted by molar-refractivity contribution is 7.60. The predicted octanol–water partition coefficient (Wildman–Crippen LogP) is 2.23. The van der Waals surface area contributed by atoms with E-state index in [2.05, 4.69) is 5.32 Å². The summed E-state index contributed by atoms with van der Waals surface area (Å²) in [5.74, 6) is 0. The Labute approximate surface area is 99.1 Å². The van der Waals surface area contributed by atoms with Crippen LogP contribution in [0.1, 0.15) is 0 Å². The van der Waals surface area contributed by atoms with E-state index in [1.54, 1.807) is 12.1 Å². The van der Waals surface area contributed by atoms with Gasteiger partial charge >= 0.3 is 7.60 Å². The smallest absolute Gasteiger partial charge is 0.356 e. The molecule has 17 heavy (non-hydrogen) atoms. The average Bonchev–Trinajstić information content (AvgIpc) is 2.30. The first-order valence-corrected chi connectivity index (χ1v) is 6.65. The Morgan fingerprint density at radius 3 is 1.88 bits per heavy atom. The molecule has 0 heterocycles. The van der Waals surface area contributed by atoms with Crippen molar-refractivity contribution in [2.24, 2.45) is 0 Å². The van der Waals surface area contributed by atoms with Gasteiger partial charge in [-0.1, -0.05) is 18.2 Å². The number of para-hydroxylation sites is 1. The molecule has 0 aliphatic carbocycles. The Morgan fingerprint density at radius 2 is 1.35 bits per heavy atom. The third-order valence-corrected chi connectivity index (χ3v) is 3.24. The van der Waals surface area contributed by atoms with Crippen molar-refractivity contribution in [1.29, 1.82) is 0 Å². The molecule has 0 aliphatic rings. The van der Waals surface area contributed by atoms with E-state index in [1.807, 2.05) is 30.3 Å². The molecular weight excluding hydrogens is 237 g/mol. The summed E-state index contributed by atoms with van der Waals surface area (Å²) in [5.41, 5.74) is 1.71. The van der Waals surface area contributed by atoms with E-state index in [1.165, 1.54) is 12.1 Å². The van der Waals surface area contributed by atoms with Gasteiger partial charge in [0.05, 0.1) is 5.30 Å². The van der Waals surface area contributed by atoms with E-state index in [9.17, 15) is 4.57 Å². The monoisotopic (exact) mass is 249 g/mol. The van der Waals surface area contributed by atoms with Crippen molar-refractivity contribution in [2.75, 3.05) is 5.32 Å². The molecule has 0 aliphatic heterocycles. The maximum absolute atomic E-state index is 11.0. The molecule has 2 rings (SSSR count). The van der Waals surface area contributed by atoms with Crippen LogP contribution < -0.4 is 10.6 Å². The van der Waals surface area contributed by atoms with E-state index in [0.29, 0.717) is 0 Å².